The second-order valence-electron chi connectivity index (χ2n) is 3.95. The fourth-order valence-electron chi connectivity index (χ4n) is 1.90. The number of hydrogen-bond acceptors (Lipinski definition) is 4. The molecular weight excluding hydrogens is 218 g/mol. The zero-order valence-electron chi connectivity index (χ0n) is 9.26. The Morgan fingerprint density at radius 1 is 1.47 bits per heavy atom. The second-order valence-corrected chi connectivity index (χ2v) is 3.95. The van der Waals surface area contributed by atoms with Crippen LogP contribution in [-0.2, 0) is 4.79 Å². The molecule has 0 saturated carbocycles. The highest BCUT2D eigenvalue weighted by Gasteiger charge is 2.24. The van der Waals surface area contributed by atoms with Gasteiger partial charge in [-0.05, 0) is 24.3 Å². The highest BCUT2D eigenvalue weighted by molar-refractivity contribution is 5.75. The number of carboxylic acid groups (broad SMARTS) is 1. The third kappa shape index (κ3) is 2.55. The molecule has 1 atom stereocenters. The molecule has 1 fully saturated rings. The van der Waals surface area contributed by atoms with E-state index < -0.39 is 12.0 Å². The van der Waals surface area contributed by atoms with Crippen molar-refractivity contribution in [3.8, 4) is 6.07 Å². The maximum absolute atomic E-state index is 10.9. The summed E-state index contributed by atoms with van der Waals surface area (Å²) in [6.45, 7) is 1.87. The van der Waals surface area contributed by atoms with Gasteiger partial charge >= 0.3 is 5.97 Å². The first kappa shape index (κ1) is 11.4. The summed E-state index contributed by atoms with van der Waals surface area (Å²) in [7, 11) is 0. The summed E-state index contributed by atoms with van der Waals surface area (Å²) in [5, 5.41) is 20.6. The molecule has 5 heteroatoms. The molecule has 88 valence electrons. The van der Waals surface area contributed by atoms with Crippen molar-refractivity contribution in [1.82, 2.24) is 5.32 Å². The van der Waals surface area contributed by atoms with Crippen LogP contribution in [0.4, 0.5) is 5.69 Å². The Balaban J connectivity index is 2.11. The molecule has 1 heterocycles. The average Bonchev–Trinajstić information content (AvgIpc) is 2.39. The lowest BCUT2D eigenvalue weighted by molar-refractivity contribution is -0.139. The SMILES string of the molecule is N#Cc1ccc(N2CCNC(C(=O)O)C2)cc1. The highest BCUT2D eigenvalue weighted by atomic mass is 16.4. The van der Waals surface area contributed by atoms with Crippen LogP contribution in [0.25, 0.3) is 0 Å². The number of hydrogen-bond donors (Lipinski definition) is 2. The lowest BCUT2D eigenvalue weighted by Gasteiger charge is -2.33. The zero-order chi connectivity index (χ0) is 12.3. The van der Waals surface area contributed by atoms with E-state index in [1.807, 2.05) is 17.0 Å². The molecule has 0 amide bonds. The van der Waals surface area contributed by atoms with Crippen LogP contribution in [0.15, 0.2) is 24.3 Å². The van der Waals surface area contributed by atoms with Crippen molar-refractivity contribution in [2.75, 3.05) is 24.5 Å². The van der Waals surface area contributed by atoms with Crippen molar-refractivity contribution in [1.29, 1.82) is 5.26 Å². The first-order valence-electron chi connectivity index (χ1n) is 5.42. The second kappa shape index (κ2) is 4.85. The van der Waals surface area contributed by atoms with Gasteiger partial charge in [0.1, 0.15) is 6.04 Å². The topological polar surface area (TPSA) is 76.4 Å². The molecule has 1 aliphatic heterocycles. The third-order valence-electron chi connectivity index (χ3n) is 2.84. The van der Waals surface area contributed by atoms with Crippen molar-refractivity contribution >= 4 is 11.7 Å². The summed E-state index contributed by atoms with van der Waals surface area (Å²) >= 11 is 0. The Kier molecular flexibility index (Phi) is 3.26. The summed E-state index contributed by atoms with van der Waals surface area (Å²) in [4.78, 5) is 12.9. The Morgan fingerprint density at radius 3 is 2.76 bits per heavy atom. The van der Waals surface area contributed by atoms with Gasteiger partial charge in [0.25, 0.3) is 0 Å². The van der Waals surface area contributed by atoms with Gasteiger partial charge in [-0.1, -0.05) is 0 Å². The van der Waals surface area contributed by atoms with Gasteiger partial charge in [-0.25, -0.2) is 0 Å². The van der Waals surface area contributed by atoms with E-state index in [2.05, 4.69) is 11.4 Å². The van der Waals surface area contributed by atoms with Gasteiger partial charge in [-0.3, -0.25) is 4.79 Å². The Labute approximate surface area is 99.3 Å². The van der Waals surface area contributed by atoms with E-state index in [-0.39, 0.29) is 0 Å². The summed E-state index contributed by atoms with van der Waals surface area (Å²) in [5.41, 5.74) is 1.57. The fraction of sp³-hybridized carbons (Fsp3) is 0.333. The molecule has 1 aromatic rings. The van der Waals surface area contributed by atoms with Crippen LogP contribution in [0, 0.1) is 11.3 Å². The van der Waals surface area contributed by atoms with Crippen molar-refractivity contribution in [3.05, 3.63) is 29.8 Å². The molecule has 2 N–H and O–H groups in total. The van der Waals surface area contributed by atoms with Crippen LogP contribution in [0.2, 0.25) is 0 Å². The van der Waals surface area contributed by atoms with Gasteiger partial charge < -0.3 is 15.3 Å². The van der Waals surface area contributed by atoms with E-state index in [1.165, 1.54) is 0 Å². The van der Waals surface area contributed by atoms with Crippen molar-refractivity contribution in [2.45, 2.75) is 6.04 Å². The molecule has 2 rings (SSSR count). The molecule has 1 aliphatic rings. The first-order chi connectivity index (χ1) is 8.20. The number of carboxylic acids is 1. The van der Waals surface area contributed by atoms with Gasteiger partial charge in [0.05, 0.1) is 11.6 Å². The highest BCUT2D eigenvalue weighted by Crippen LogP contribution is 2.16. The molecule has 0 aromatic heterocycles. The smallest absolute Gasteiger partial charge is 0.322 e. The quantitative estimate of drug-likeness (QED) is 0.771. The Morgan fingerprint density at radius 2 is 2.18 bits per heavy atom. The van der Waals surface area contributed by atoms with Crippen molar-refractivity contribution in [2.24, 2.45) is 0 Å². The first-order valence-corrected chi connectivity index (χ1v) is 5.42. The number of nitriles is 1. The molecule has 0 spiro atoms. The predicted molar refractivity (Wildman–Crippen MR) is 62.8 cm³/mol. The van der Waals surface area contributed by atoms with Gasteiger partial charge in [0, 0.05) is 25.3 Å². The number of nitrogens with zero attached hydrogens (tertiary/aromatic N) is 2. The standard InChI is InChI=1S/C12H13N3O2/c13-7-9-1-3-10(4-2-9)15-6-5-14-11(8-15)12(16)17/h1-4,11,14H,5-6,8H2,(H,16,17). The number of benzene rings is 1. The number of rotatable bonds is 2. The van der Waals surface area contributed by atoms with Gasteiger partial charge in [0.2, 0.25) is 0 Å². The third-order valence-corrected chi connectivity index (χ3v) is 2.84. The average molecular weight is 231 g/mol. The molecule has 1 aromatic carbocycles. The summed E-state index contributed by atoms with van der Waals surface area (Å²) in [6.07, 6.45) is 0. The monoisotopic (exact) mass is 231 g/mol. The summed E-state index contributed by atoms with van der Waals surface area (Å²) in [6, 6.07) is 8.72. The van der Waals surface area contributed by atoms with E-state index in [1.54, 1.807) is 12.1 Å². The lowest BCUT2D eigenvalue weighted by Crippen LogP contribution is -2.54. The number of carbonyl (C=O) groups is 1. The number of anilines is 1. The molecular formula is C12H13N3O2. The van der Waals surface area contributed by atoms with Crippen LogP contribution >= 0.6 is 0 Å². The van der Waals surface area contributed by atoms with Crippen LogP contribution < -0.4 is 10.2 Å². The molecule has 0 aliphatic carbocycles. The minimum absolute atomic E-state index is 0.446. The molecule has 0 radical (unpaired) electrons. The van der Waals surface area contributed by atoms with Crippen LogP contribution in [-0.4, -0.2) is 36.8 Å². The lowest BCUT2D eigenvalue weighted by atomic mass is 10.1. The minimum atomic E-state index is -0.830. The zero-order valence-corrected chi connectivity index (χ0v) is 9.26. The number of aliphatic carboxylic acids is 1. The van der Waals surface area contributed by atoms with Crippen LogP contribution in [0.1, 0.15) is 5.56 Å². The van der Waals surface area contributed by atoms with E-state index >= 15 is 0 Å². The van der Waals surface area contributed by atoms with Gasteiger partial charge in [0.15, 0.2) is 0 Å². The van der Waals surface area contributed by atoms with E-state index in [0.29, 0.717) is 18.7 Å². The number of piperazine rings is 1. The van der Waals surface area contributed by atoms with Crippen LogP contribution in [0.5, 0.6) is 0 Å². The van der Waals surface area contributed by atoms with Crippen molar-refractivity contribution < 1.29 is 9.90 Å². The van der Waals surface area contributed by atoms with E-state index in [4.69, 9.17) is 10.4 Å². The van der Waals surface area contributed by atoms with Crippen LogP contribution in [0.3, 0.4) is 0 Å². The van der Waals surface area contributed by atoms with Crippen molar-refractivity contribution in [3.63, 3.8) is 0 Å². The van der Waals surface area contributed by atoms with E-state index in [0.717, 1.165) is 12.2 Å². The molecule has 17 heavy (non-hydrogen) atoms. The molecule has 1 unspecified atom stereocenters. The Bertz CT molecular complexity index is 450. The predicted octanol–water partition coefficient (Wildman–Crippen LogP) is 0.421. The minimum Gasteiger partial charge on any atom is -0.480 e. The fourth-order valence-corrected chi connectivity index (χ4v) is 1.90. The normalized spacial score (nSPS) is 19.7. The maximum atomic E-state index is 10.9. The molecule has 0 bridgehead atoms. The number of nitrogens with one attached hydrogen (secondary N) is 1. The largest absolute Gasteiger partial charge is 0.480 e. The molecule has 1 saturated heterocycles. The Hall–Kier alpha value is -2.06. The van der Waals surface area contributed by atoms with Gasteiger partial charge in [-0.2, -0.15) is 5.26 Å². The summed E-state index contributed by atoms with van der Waals surface area (Å²) < 4.78 is 0. The van der Waals surface area contributed by atoms with Gasteiger partial charge in [-0.15, -0.1) is 0 Å². The summed E-state index contributed by atoms with van der Waals surface area (Å²) in [5.74, 6) is -0.830. The maximum Gasteiger partial charge on any atom is 0.322 e. The van der Waals surface area contributed by atoms with E-state index in [9.17, 15) is 4.79 Å². The molecule has 5 nitrogen and oxygen atoms in total.